The molecule has 2 amide bonds. The van der Waals surface area contributed by atoms with Crippen molar-refractivity contribution >= 4 is 23.2 Å². The fourth-order valence-corrected chi connectivity index (χ4v) is 3.14. The van der Waals surface area contributed by atoms with Crippen molar-refractivity contribution in [3.8, 4) is 17.2 Å². The lowest BCUT2D eigenvalue weighted by molar-refractivity contribution is -0.118. The lowest BCUT2D eigenvalue weighted by Gasteiger charge is -2.17. The molecule has 0 unspecified atom stereocenters. The molecular formula is C24H22N2O4. The van der Waals surface area contributed by atoms with Crippen molar-refractivity contribution in [1.29, 1.82) is 0 Å². The van der Waals surface area contributed by atoms with E-state index in [0.29, 0.717) is 30.0 Å². The summed E-state index contributed by atoms with van der Waals surface area (Å²) in [5.74, 6) is 1.81. The molecule has 1 aliphatic rings. The Balaban J connectivity index is 1.29. The summed E-state index contributed by atoms with van der Waals surface area (Å²) in [7, 11) is 0. The molecule has 30 heavy (non-hydrogen) atoms. The van der Waals surface area contributed by atoms with Gasteiger partial charge in [0.15, 0.2) is 6.61 Å². The van der Waals surface area contributed by atoms with Gasteiger partial charge in [0.05, 0.1) is 0 Å². The molecule has 0 radical (unpaired) electrons. The van der Waals surface area contributed by atoms with Gasteiger partial charge in [0.1, 0.15) is 17.2 Å². The third-order valence-electron chi connectivity index (χ3n) is 4.74. The smallest absolute Gasteiger partial charge is 0.262 e. The molecule has 0 fully saturated rings. The van der Waals surface area contributed by atoms with E-state index in [1.807, 2.05) is 37.3 Å². The van der Waals surface area contributed by atoms with Crippen LogP contribution in [0.4, 0.5) is 11.4 Å². The van der Waals surface area contributed by atoms with E-state index in [9.17, 15) is 9.59 Å². The molecule has 0 aliphatic carbocycles. The number of carbonyl (C=O) groups excluding carboxylic acids is 2. The van der Waals surface area contributed by atoms with Crippen molar-refractivity contribution < 1.29 is 19.1 Å². The zero-order chi connectivity index (χ0) is 20.9. The molecule has 152 valence electrons. The number of ether oxygens (including phenoxy) is 2. The Morgan fingerprint density at radius 3 is 2.33 bits per heavy atom. The highest BCUT2D eigenvalue weighted by atomic mass is 16.5. The third kappa shape index (κ3) is 4.97. The van der Waals surface area contributed by atoms with Gasteiger partial charge in [0.2, 0.25) is 5.91 Å². The second-order valence-electron chi connectivity index (χ2n) is 7.14. The maximum atomic E-state index is 12.2. The third-order valence-corrected chi connectivity index (χ3v) is 4.74. The van der Waals surface area contributed by atoms with Crippen molar-refractivity contribution in [2.45, 2.75) is 19.8 Å². The topological polar surface area (TPSA) is 76.7 Å². The van der Waals surface area contributed by atoms with Crippen LogP contribution < -0.4 is 20.1 Å². The predicted octanol–water partition coefficient (Wildman–Crippen LogP) is 4.69. The number of carbonyl (C=O) groups is 2. The number of rotatable bonds is 6. The Hall–Kier alpha value is -3.80. The Morgan fingerprint density at radius 2 is 1.60 bits per heavy atom. The van der Waals surface area contributed by atoms with Gasteiger partial charge >= 0.3 is 0 Å². The van der Waals surface area contributed by atoms with Crippen molar-refractivity contribution in [3.63, 3.8) is 0 Å². The Labute approximate surface area is 174 Å². The molecule has 3 aromatic carbocycles. The Bertz CT molecular complexity index is 1060. The molecular weight excluding hydrogens is 380 g/mol. The molecule has 0 saturated carbocycles. The molecule has 0 bridgehead atoms. The summed E-state index contributed by atoms with van der Waals surface area (Å²) in [5.41, 5.74) is 3.64. The van der Waals surface area contributed by atoms with Gasteiger partial charge in [-0.2, -0.15) is 0 Å². The minimum absolute atomic E-state index is 0.0193. The van der Waals surface area contributed by atoms with E-state index in [2.05, 4.69) is 10.6 Å². The lowest BCUT2D eigenvalue weighted by atomic mass is 10.0. The Kier molecular flexibility index (Phi) is 5.66. The van der Waals surface area contributed by atoms with Gasteiger partial charge in [0, 0.05) is 17.8 Å². The second kappa shape index (κ2) is 8.69. The zero-order valence-electron chi connectivity index (χ0n) is 16.6. The maximum Gasteiger partial charge on any atom is 0.262 e. The van der Waals surface area contributed by atoms with Crippen LogP contribution >= 0.6 is 0 Å². The van der Waals surface area contributed by atoms with Crippen LogP contribution in [-0.4, -0.2) is 18.4 Å². The van der Waals surface area contributed by atoms with E-state index in [4.69, 9.17) is 9.47 Å². The summed E-state index contributed by atoms with van der Waals surface area (Å²) < 4.78 is 11.4. The molecule has 6 nitrogen and oxygen atoms in total. The van der Waals surface area contributed by atoms with Crippen LogP contribution in [0.25, 0.3) is 0 Å². The highest BCUT2D eigenvalue weighted by Gasteiger charge is 2.15. The van der Waals surface area contributed by atoms with E-state index in [-0.39, 0.29) is 18.4 Å². The van der Waals surface area contributed by atoms with Crippen molar-refractivity contribution in [3.05, 3.63) is 77.9 Å². The number of nitrogens with one attached hydrogen (secondary N) is 2. The highest BCUT2D eigenvalue weighted by Crippen LogP contribution is 2.27. The summed E-state index contributed by atoms with van der Waals surface area (Å²) in [6, 6.07) is 20.4. The number of hydrogen-bond donors (Lipinski definition) is 2. The molecule has 4 rings (SSSR count). The van der Waals surface area contributed by atoms with Crippen LogP contribution in [0.15, 0.2) is 66.7 Å². The number of fused-ring (bicyclic) bond motifs is 1. The van der Waals surface area contributed by atoms with Crippen LogP contribution in [0.2, 0.25) is 0 Å². The zero-order valence-corrected chi connectivity index (χ0v) is 16.6. The molecule has 2 N–H and O–H groups in total. The summed E-state index contributed by atoms with van der Waals surface area (Å²) in [5, 5.41) is 5.63. The largest absolute Gasteiger partial charge is 0.484 e. The van der Waals surface area contributed by atoms with E-state index >= 15 is 0 Å². The average Bonchev–Trinajstić information content (AvgIpc) is 2.75. The first-order valence-corrected chi connectivity index (χ1v) is 9.75. The fraction of sp³-hybridized carbons (Fsp3) is 0.167. The van der Waals surface area contributed by atoms with Gasteiger partial charge in [-0.25, -0.2) is 0 Å². The molecule has 0 atom stereocenters. The highest BCUT2D eigenvalue weighted by molar-refractivity contribution is 5.94. The first-order chi connectivity index (χ1) is 14.5. The van der Waals surface area contributed by atoms with Crippen LogP contribution in [0, 0.1) is 6.92 Å². The minimum atomic E-state index is -0.256. The quantitative estimate of drug-likeness (QED) is 0.627. The fourth-order valence-electron chi connectivity index (χ4n) is 3.14. The van der Waals surface area contributed by atoms with Gasteiger partial charge in [-0.05, 0) is 73.5 Å². The summed E-state index contributed by atoms with van der Waals surface area (Å²) in [6.07, 6.45) is 1.13. The monoisotopic (exact) mass is 402 g/mol. The maximum absolute atomic E-state index is 12.2. The van der Waals surface area contributed by atoms with E-state index in [0.717, 1.165) is 17.0 Å². The van der Waals surface area contributed by atoms with Crippen molar-refractivity contribution in [2.75, 3.05) is 17.2 Å². The van der Waals surface area contributed by atoms with Crippen molar-refractivity contribution in [1.82, 2.24) is 0 Å². The van der Waals surface area contributed by atoms with Crippen LogP contribution in [0.3, 0.4) is 0 Å². The molecule has 0 saturated heterocycles. The number of anilines is 2. The first-order valence-electron chi connectivity index (χ1n) is 9.75. The molecule has 6 heteroatoms. The lowest BCUT2D eigenvalue weighted by Crippen LogP contribution is -2.21. The Morgan fingerprint density at radius 1 is 0.933 bits per heavy atom. The van der Waals surface area contributed by atoms with Gasteiger partial charge in [-0.1, -0.05) is 17.7 Å². The predicted molar refractivity (Wildman–Crippen MR) is 115 cm³/mol. The van der Waals surface area contributed by atoms with Crippen molar-refractivity contribution in [2.24, 2.45) is 0 Å². The minimum Gasteiger partial charge on any atom is -0.484 e. The molecule has 0 spiro atoms. The van der Waals surface area contributed by atoms with E-state index in [1.54, 1.807) is 36.4 Å². The summed E-state index contributed by atoms with van der Waals surface area (Å²) in [4.78, 5) is 23.6. The normalized spacial score (nSPS) is 12.5. The summed E-state index contributed by atoms with van der Waals surface area (Å²) >= 11 is 0. The van der Waals surface area contributed by atoms with E-state index < -0.39 is 0 Å². The summed E-state index contributed by atoms with van der Waals surface area (Å²) in [6.45, 7) is 1.92. The van der Waals surface area contributed by atoms with E-state index in [1.165, 1.54) is 5.56 Å². The molecule has 0 aromatic heterocycles. The molecule has 1 heterocycles. The first kappa shape index (κ1) is 19.5. The molecule has 1 aliphatic heterocycles. The standard InChI is InChI=1S/C24H22N2O4/c1-16-2-7-19(8-3-16)30-20-9-5-18(6-10-20)25-24(28)15-29-21-11-12-22-17(14-21)4-13-23(27)26-22/h2-3,5-12,14H,4,13,15H2,1H3,(H,25,28)(H,26,27). The SMILES string of the molecule is Cc1ccc(Oc2ccc(NC(=O)COc3ccc4c(c3)CCC(=O)N4)cc2)cc1. The van der Waals surface area contributed by atoms with Gasteiger partial charge in [-0.15, -0.1) is 0 Å². The van der Waals surface area contributed by atoms with Crippen LogP contribution in [0.1, 0.15) is 17.5 Å². The average molecular weight is 402 g/mol. The van der Waals surface area contributed by atoms with Crippen LogP contribution in [-0.2, 0) is 16.0 Å². The number of benzene rings is 3. The van der Waals surface area contributed by atoms with Gasteiger partial charge in [-0.3, -0.25) is 9.59 Å². The van der Waals surface area contributed by atoms with Crippen LogP contribution in [0.5, 0.6) is 17.2 Å². The van der Waals surface area contributed by atoms with Gasteiger partial charge < -0.3 is 20.1 Å². The second-order valence-corrected chi connectivity index (χ2v) is 7.14. The number of amides is 2. The number of aryl methyl sites for hydroxylation is 2. The number of hydrogen-bond acceptors (Lipinski definition) is 4. The van der Waals surface area contributed by atoms with Gasteiger partial charge in [0.25, 0.3) is 5.91 Å². The molecule has 3 aromatic rings.